The molecule has 0 spiro atoms. The third kappa shape index (κ3) is 5.94. The first kappa shape index (κ1) is 21.6. The predicted molar refractivity (Wildman–Crippen MR) is 90.7 cm³/mol. The zero-order valence-electron chi connectivity index (χ0n) is 14.0. The molecule has 0 aliphatic heterocycles. The third-order valence-electron chi connectivity index (χ3n) is 3.86. The maximum Gasteiger partial charge on any atom is 0.762 e. The number of benzene rings is 2. The second-order valence-electron chi connectivity index (χ2n) is 5.14. The first-order valence-electron chi connectivity index (χ1n) is 6.96. The summed E-state index contributed by atoms with van der Waals surface area (Å²) in [6, 6.07) is 13.2. The molecule has 0 fully saturated rings. The Morgan fingerprint density at radius 1 is 0.826 bits per heavy atom. The summed E-state index contributed by atoms with van der Waals surface area (Å²) in [5.74, 6) is 0. The summed E-state index contributed by atoms with van der Waals surface area (Å²) < 4.78 is 29.0. The summed E-state index contributed by atoms with van der Waals surface area (Å²) in [6.07, 6.45) is 2.33. The molecule has 1 unspecified atom stereocenters. The highest BCUT2D eigenvalue weighted by Crippen LogP contribution is 2.29. The minimum absolute atomic E-state index is 0. The fourth-order valence-corrected chi connectivity index (χ4v) is 4.03. The molecule has 126 valence electrons. The van der Waals surface area contributed by atoms with Crippen LogP contribution in [-0.2, 0) is 10.9 Å². The quantitative estimate of drug-likeness (QED) is 0.446. The molecule has 0 bridgehead atoms. The van der Waals surface area contributed by atoms with Gasteiger partial charge >= 0.3 is 7.54 Å². The summed E-state index contributed by atoms with van der Waals surface area (Å²) in [6.45, 7) is 8.93. The van der Waals surface area contributed by atoms with Crippen LogP contribution in [0.3, 0.4) is 0 Å². The van der Waals surface area contributed by atoms with Crippen LogP contribution < -0.4 is 4.70 Å². The van der Waals surface area contributed by atoms with Gasteiger partial charge in [0.05, 0.1) is 10.9 Å². The van der Waals surface area contributed by atoms with Gasteiger partial charge in [-0.05, 0) is 62.6 Å². The van der Waals surface area contributed by atoms with Crippen LogP contribution in [0.25, 0.3) is 0 Å². The van der Waals surface area contributed by atoms with E-state index in [1.54, 1.807) is 0 Å². The Labute approximate surface area is 139 Å². The molecule has 6 heteroatoms. The van der Waals surface area contributed by atoms with Crippen LogP contribution in [0.1, 0.15) is 22.3 Å². The molecule has 0 aliphatic rings. The van der Waals surface area contributed by atoms with Gasteiger partial charge in [-0.25, -0.2) is 0 Å². The molecule has 0 saturated heterocycles. The average Bonchev–Trinajstić information content (AvgIpc) is 2.48. The molecule has 0 radical (unpaired) electrons. The summed E-state index contributed by atoms with van der Waals surface area (Å²) in [5, 5.41) is 0. The van der Waals surface area contributed by atoms with Crippen LogP contribution in [0.4, 0.5) is 12.9 Å². The Balaban J connectivity index is 0.000000871. The minimum Gasteiger partial charge on any atom is -1.00 e. The lowest BCUT2D eigenvalue weighted by molar-refractivity contribution is -0.00000760. The van der Waals surface area contributed by atoms with Crippen LogP contribution in [0.15, 0.2) is 46.2 Å². The van der Waals surface area contributed by atoms with Gasteiger partial charge in [0.2, 0.25) is 0 Å². The molecule has 0 amide bonds. The van der Waals surface area contributed by atoms with Crippen LogP contribution >= 0.6 is 0 Å². The van der Waals surface area contributed by atoms with Gasteiger partial charge in [0.1, 0.15) is 6.26 Å². The molecule has 0 nitrogen and oxygen atoms in total. The highest BCUT2D eigenvalue weighted by Gasteiger charge is 2.23. The fourth-order valence-electron chi connectivity index (χ4n) is 2.24. The molecule has 2 rings (SSSR count). The van der Waals surface area contributed by atoms with E-state index < -0.39 is 7.54 Å². The zero-order valence-corrected chi connectivity index (χ0v) is 14.8. The monoisotopic (exact) mass is 344 g/mol. The van der Waals surface area contributed by atoms with E-state index in [2.05, 4.69) is 70.3 Å². The molecular weight excluding hydrogens is 323 g/mol. The zero-order chi connectivity index (χ0) is 16.9. The summed E-state index contributed by atoms with van der Waals surface area (Å²) in [7, 11) is -3.50. The summed E-state index contributed by atoms with van der Waals surface area (Å²) >= 11 is 0. The van der Waals surface area contributed by atoms with Crippen molar-refractivity contribution in [3.8, 4) is 0 Å². The van der Waals surface area contributed by atoms with Crippen molar-refractivity contribution in [2.75, 3.05) is 6.26 Å². The van der Waals surface area contributed by atoms with E-state index in [1.807, 2.05) is 0 Å². The summed E-state index contributed by atoms with van der Waals surface area (Å²) in [5.41, 5.74) is 5.73. The highest BCUT2D eigenvalue weighted by molar-refractivity contribution is 7.96. The van der Waals surface area contributed by atoms with E-state index in [1.165, 1.54) is 32.0 Å². The molecule has 2 aromatic rings. The van der Waals surface area contributed by atoms with Crippen molar-refractivity contribution in [1.29, 1.82) is 0 Å². The average molecular weight is 344 g/mol. The smallest absolute Gasteiger partial charge is 0.762 e. The van der Waals surface area contributed by atoms with Crippen LogP contribution in [-0.4, -0.2) is 13.8 Å². The van der Waals surface area contributed by atoms with Gasteiger partial charge in [-0.15, -0.1) is 0 Å². The lowest BCUT2D eigenvalue weighted by atomic mass is 10.00. The SMILES string of the molecule is Cc1cc([S+](C)c2ccccc2)c(C)c(C)c1C.FB(F)F.[F-]. The number of aryl methyl sites for hydroxylation is 1. The topological polar surface area (TPSA) is 0 Å². The molecule has 2 aromatic carbocycles. The van der Waals surface area contributed by atoms with Crippen LogP contribution in [0, 0.1) is 27.7 Å². The molecule has 0 aliphatic carbocycles. The van der Waals surface area contributed by atoms with Crippen molar-refractivity contribution in [1.82, 2.24) is 0 Å². The van der Waals surface area contributed by atoms with Gasteiger partial charge < -0.3 is 4.70 Å². The Hall–Kier alpha value is -1.43. The number of hydrogen-bond donors (Lipinski definition) is 0. The number of halogens is 4. The number of hydrogen-bond acceptors (Lipinski definition) is 0. The van der Waals surface area contributed by atoms with E-state index >= 15 is 0 Å². The van der Waals surface area contributed by atoms with Gasteiger partial charge in [0.25, 0.3) is 0 Å². The van der Waals surface area contributed by atoms with Crippen molar-refractivity contribution in [3.05, 3.63) is 58.7 Å². The van der Waals surface area contributed by atoms with Crippen LogP contribution in [0.2, 0.25) is 0 Å². The Morgan fingerprint density at radius 3 is 1.78 bits per heavy atom. The van der Waals surface area contributed by atoms with Gasteiger partial charge in [-0.2, -0.15) is 0 Å². The van der Waals surface area contributed by atoms with E-state index in [9.17, 15) is 12.9 Å². The van der Waals surface area contributed by atoms with Crippen molar-refractivity contribution in [3.63, 3.8) is 0 Å². The molecule has 23 heavy (non-hydrogen) atoms. The van der Waals surface area contributed by atoms with Gasteiger partial charge in [0.15, 0.2) is 9.79 Å². The lowest BCUT2D eigenvalue weighted by Gasteiger charge is -2.12. The van der Waals surface area contributed by atoms with E-state index in [0.29, 0.717) is 0 Å². The fraction of sp³-hybridized carbons (Fsp3) is 0.294. The second-order valence-corrected chi connectivity index (χ2v) is 7.07. The number of rotatable bonds is 2. The second kappa shape index (κ2) is 9.66. The van der Waals surface area contributed by atoms with E-state index in [0.717, 1.165) is 0 Å². The maximum atomic E-state index is 9.67. The van der Waals surface area contributed by atoms with Crippen molar-refractivity contribution in [2.24, 2.45) is 0 Å². The van der Waals surface area contributed by atoms with Gasteiger partial charge in [-0.3, -0.25) is 12.9 Å². The molecule has 0 saturated carbocycles. The molecule has 0 aromatic heterocycles. The highest BCUT2D eigenvalue weighted by atomic mass is 32.2. The maximum absolute atomic E-state index is 9.67. The summed E-state index contributed by atoms with van der Waals surface area (Å²) in [4.78, 5) is 2.91. The van der Waals surface area contributed by atoms with Crippen molar-refractivity contribution >= 4 is 18.4 Å². The van der Waals surface area contributed by atoms with Crippen molar-refractivity contribution < 1.29 is 17.7 Å². The standard InChI is InChI=1S/C17H21S.BF3.FH/c1-12-11-17(15(4)14(3)13(12)2)18(5)16-9-7-6-8-10-16;2-1(3)4;/h6-11H,1-5H3;;1H/q+1;;/p-1. The van der Waals surface area contributed by atoms with E-state index in [-0.39, 0.29) is 15.6 Å². The Bertz CT molecular complexity index is 615. The molecule has 1 atom stereocenters. The Kier molecular flexibility index (Phi) is 9.06. The van der Waals surface area contributed by atoms with Crippen molar-refractivity contribution in [2.45, 2.75) is 37.5 Å². The minimum atomic E-state index is -3.67. The third-order valence-corrected chi connectivity index (χ3v) is 5.92. The molecule has 0 heterocycles. The first-order valence-corrected chi connectivity index (χ1v) is 8.59. The normalized spacial score (nSPS) is 11.0. The molecular formula is C17H21BF4S. The first-order chi connectivity index (χ1) is 10.3. The Morgan fingerprint density at radius 2 is 1.30 bits per heavy atom. The predicted octanol–water partition coefficient (Wildman–Crippen LogP) is 2.47. The van der Waals surface area contributed by atoms with Crippen LogP contribution in [0.5, 0.6) is 0 Å². The lowest BCUT2D eigenvalue weighted by Crippen LogP contribution is -3.00. The van der Waals surface area contributed by atoms with Gasteiger partial charge in [-0.1, -0.05) is 18.2 Å². The van der Waals surface area contributed by atoms with Gasteiger partial charge in [0, 0.05) is 5.56 Å². The largest absolute Gasteiger partial charge is 1.00 e. The molecule has 0 N–H and O–H groups in total. The van der Waals surface area contributed by atoms with E-state index in [4.69, 9.17) is 0 Å².